The molecule has 0 spiro atoms. The molecule has 1 aromatic rings. The minimum atomic E-state index is -0.0237. The number of ether oxygens (including phenoxy) is 3. The highest BCUT2D eigenvalue weighted by molar-refractivity contribution is 5.16. The van der Waals surface area contributed by atoms with Crippen LogP contribution in [0.1, 0.15) is 84.1 Å². The second-order valence-corrected chi connectivity index (χ2v) is 16.3. The molecule has 0 amide bonds. The minimum Gasteiger partial charge on any atom is -0.378 e. The van der Waals surface area contributed by atoms with E-state index in [9.17, 15) is 0 Å². The molecule has 13 nitrogen and oxygen atoms in total. The van der Waals surface area contributed by atoms with Gasteiger partial charge in [0.15, 0.2) is 0 Å². The van der Waals surface area contributed by atoms with Crippen LogP contribution in [-0.2, 0) is 20.8 Å². The summed E-state index contributed by atoms with van der Waals surface area (Å²) in [6.07, 6.45) is 10.00. The Morgan fingerprint density at radius 2 is 1.51 bits per heavy atom. The van der Waals surface area contributed by atoms with Gasteiger partial charge < -0.3 is 19.1 Å². The van der Waals surface area contributed by atoms with E-state index >= 15 is 0 Å². The molecule has 11 atom stereocenters. The third-order valence-corrected chi connectivity index (χ3v) is 13.7. The number of hydrogen-bond acceptors (Lipinski definition) is 7. The van der Waals surface area contributed by atoms with Gasteiger partial charge in [-0.25, -0.2) is 0 Å². The largest absolute Gasteiger partial charge is 0.378 e. The van der Waals surface area contributed by atoms with Gasteiger partial charge in [-0.05, 0) is 134 Å². The number of hydrogen-bond donors (Lipinski definition) is 0. The Bertz CT molecular complexity index is 1400. The van der Waals surface area contributed by atoms with E-state index in [0.29, 0.717) is 75.0 Å². The minimum absolute atomic E-state index is 0.0237. The summed E-state index contributed by atoms with van der Waals surface area (Å²) in [5.41, 5.74) is 28.1. The van der Waals surface area contributed by atoms with Crippen LogP contribution in [0.2, 0.25) is 0 Å². The third kappa shape index (κ3) is 9.14. The topological polar surface area (TPSA) is 177 Å². The van der Waals surface area contributed by atoms with Crippen LogP contribution in [0, 0.1) is 46.3 Å². The molecule has 0 aliphatic heterocycles. The lowest BCUT2D eigenvalue weighted by Crippen LogP contribution is -2.63. The molecule has 0 bridgehead atoms. The fourth-order valence-corrected chi connectivity index (χ4v) is 11.4. The van der Waals surface area contributed by atoms with Gasteiger partial charge in [0.05, 0.1) is 38.1 Å². The van der Waals surface area contributed by atoms with Crippen molar-refractivity contribution in [1.82, 2.24) is 4.90 Å². The van der Waals surface area contributed by atoms with Crippen LogP contribution in [-0.4, -0.2) is 76.3 Å². The average molecular weight is 705 g/mol. The molecule has 51 heavy (non-hydrogen) atoms. The third-order valence-electron chi connectivity index (χ3n) is 13.7. The molecule has 13 heteroatoms. The molecule has 4 aliphatic rings. The zero-order valence-electron chi connectivity index (χ0n) is 31.3. The molecule has 0 unspecified atom stereocenters. The predicted molar refractivity (Wildman–Crippen MR) is 198 cm³/mol. The maximum absolute atomic E-state index is 9.00. The van der Waals surface area contributed by atoms with E-state index in [0.717, 1.165) is 51.6 Å². The van der Waals surface area contributed by atoms with Crippen molar-refractivity contribution in [2.45, 2.75) is 103 Å². The predicted octanol–water partition coefficient (Wildman–Crippen LogP) is 9.50. The first kappa shape index (κ1) is 39.2. The fraction of sp³-hybridized carbons (Fsp3) is 0.842. The van der Waals surface area contributed by atoms with E-state index in [4.69, 9.17) is 30.8 Å². The van der Waals surface area contributed by atoms with Crippen LogP contribution >= 0.6 is 0 Å². The Hall–Kier alpha value is -3.01. The van der Waals surface area contributed by atoms with Gasteiger partial charge in [-0.2, -0.15) is 0 Å². The summed E-state index contributed by atoms with van der Waals surface area (Å²) in [6.45, 7) is 11.9. The number of benzene rings is 1. The van der Waals surface area contributed by atoms with Gasteiger partial charge in [-0.1, -0.05) is 66.4 Å². The van der Waals surface area contributed by atoms with Crippen LogP contribution in [0.3, 0.4) is 0 Å². The second-order valence-electron chi connectivity index (χ2n) is 16.3. The summed E-state index contributed by atoms with van der Waals surface area (Å²) in [5.74, 6) is 2.79. The van der Waals surface area contributed by atoms with Crippen LogP contribution in [0.5, 0.6) is 0 Å². The Balaban J connectivity index is 1.36. The summed E-state index contributed by atoms with van der Waals surface area (Å²) in [4.78, 5) is 11.3. The summed E-state index contributed by atoms with van der Waals surface area (Å²) in [6, 6.07) is 10.7. The van der Waals surface area contributed by atoms with Crippen molar-refractivity contribution >= 4 is 0 Å². The van der Waals surface area contributed by atoms with E-state index in [-0.39, 0.29) is 29.1 Å². The highest BCUT2D eigenvalue weighted by atomic mass is 16.5. The van der Waals surface area contributed by atoms with Crippen LogP contribution < -0.4 is 0 Å². The van der Waals surface area contributed by atoms with Gasteiger partial charge >= 0.3 is 0 Å². The zero-order valence-corrected chi connectivity index (χ0v) is 31.3. The van der Waals surface area contributed by atoms with Gasteiger partial charge in [-0.15, -0.1) is 0 Å². The van der Waals surface area contributed by atoms with Crippen molar-refractivity contribution in [2.24, 2.45) is 61.7 Å². The zero-order chi connectivity index (χ0) is 36.3. The summed E-state index contributed by atoms with van der Waals surface area (Å²) < 4.78 is 19.9. The smallest absolute Gasteiger partial charge is 0.0637 e. The van der Waals surface area contributed by atoms with Crippen molar-refractivity contribution in [3.63, 3.8) is 0 Å². The summed E-state index contributed by atoms with van der Waals surface area (Å²) in [5, 5.41) is 11.3. The Labute approximate surface area is 304 Å². The first-order chi connectivity index (χ1) is 24.8. The molecule has 5 rings (SSSR count). The maximum Gasteiger partial charge on any atom is 0.0637 e. The molecular weight excluding hydrogens is 644 g/mol. The van der Waals surface area contributed by atoms with E-state index in [1.54, 1.807) is 0 Å². The van der Waals surface area contributed by atoms with E-state index in [2.05, 4.69) is 93.1 Å². The van der Waals surface area contributed by atoms with E-state index < -0.39 is 0 Å². The molecule has 0 heterocycles. The number of fused-ring (bicyclic) bond motifs is 5. The van der Waals surface area contributed by atoms with Gasteiger partial charge in [0.2, 0.25) is 0 Å². The maximum atomic E-state index is 9.00. The van der Waals surface area contributed by atoms with Gasteiger partial charge in [-0.3, -0.25) is 0 Å². The molecule has 0 N–H and O–H groups in total. The lowest BCUT2D eigenvalue weighted by Gasteiger charge is -2.64. The van der Waals surface area contributed by atoms with Gasteiger partial charge in [0.25, 0.3) is 0 Å². The molecule has 1 aromatic carbocycles. The Kier molecular flexibility index (Phi) is 14.3. The molecule has 4 saturated carbocycles. The molecule has 0 aromatic heterocycles. The average Bonchev–Trinajstić information content (AvgIpc) is 3.49. The fourth-order valence-electron chi connectivity index (χ4n) is 11.4. The lowest BCUT2D eigenvalue weighted by atomic mass is 9.43. The molecule has 0 saturated heterocycles. The van der Waals surface area contributed by atoms with Crippen LogP contribution in [0.4, 0.5) is 0 Å². The Morgan fingerprint density at radius 3 is 2.20 bits per heavy atom. The van der Waals surface area contributed by atoms with Crippen LogP contribution in [0.15, 0.2) is 45.7 Å². The van der Waals surface area contributed by atoms with Crippen LogP contribution in [0.25, 0.3) is 31.3 Å². The molecule has 280 valence electrons. The first-order valence-corrected chi connectivity index (χ1v) is 19.4. The standard InChI is InChI=1S/C38H60N10O3/c1-27(9-8-19-48(4)26-28-10-6-5-7-11-28)31-12-13-32-36-33(25-35(38(31,32)3)51-22-18-44-47-41)37(2)15-14-30(49-20-16-42-45-39)23-29(37)24-34(36)50-21-17-43-46-40/h5-7,10-11,27,29-36H,8-9,12-26H2,1-4H3/t27-,29+,30-,31-,32+,33+,34-,35+,36+,37+,38-/m1/s1. The highest BCUT2D eigenvalue weighted by Gasteiger charge is 2.66. The summed E-state index contributed by atoms with van der Waals surface area (Å²) >= 11 is 0. The Morgan fingerprint density at radius 1 is 0.843 bits per heavy atom. The van der Waals surface area contributed by atoms with Crippen molar-refractivity contribution in [2.75, 3.05) is 53.0 Å². The number of azide groups is 3. The van der Waals surface area contributed by atoms with Crippen molar-refractivity contribution in [3.05, 3.63) is 67.2 Å². The molecule has 4 fully saturated rings. The molecule has 0 radical (unpaired) electrons. The highest BCUT2D eigenvalue weighted by Crippen LogP contribution is 2.69. The molecular formula is C38H60N10O3. The van der Waals surface area contributed by atoms with Gasteiger partial charge in [0.1, 0.15) is 0 Å². The first-order valence-electron chi connectivity index (χ1n) is 19.4. The number of rotatable bonds is 19. The van der Waals surface area contributed by atoms with Crippen molar-refractivity contribution in [3.8, 4) is 0 Å². The van der Waals surface area contributed by atoms with Crippen molar-refractivity contribution in [1.29, 1.82) is 0 Å². The monoisotopic (exact) mass is 704 g/mol. The van der Waals surface area contributed by atoms with Crippen molar-refractivity contribution < 1.29 is 14.2 Å². The summed E-state index contributed by atoms with van der Waals surface area (Å²) in [7, 11) is 2.22. The quantitative estimate of drug-likeness (QED) is 0.0603. The number of nitrogens with zero attached hydrogens (tertiary/aromatic N) is 10. The van der Waals surface area contributed by atoms with Gasteiger partial charge in [0, 0.05) is 46.3 Å². The SMILES string of the molecule is C[C@H](CCCN(C)Cc1ccccc1)[C@H]1CC[C@H]2[C@@H]3[C@H](OCCN=[N+]=[N-])C[C@@H]4C[C@H](OCCN=[N+]=[N-])CC[C@]4(C)[C@H]3C[C@H](OCCN=[N+]=[N-])[C@]12C. The van der Waals surface area contributed by atoms with E-state index in [1.807, 2.05) is 0 Å². The normalized spacial score (nSPS) is 34.6. The second kappa shape index (κ2) is 18.7. The lowest BCUT2D eigenvalue weighted by molar-refractivity contribution is -0.226. The molecule has 4 aliphatic carbocycles. The van der Waals surface area contributed by atoms with E-state index in [1.165, 1.54) is 24.8 Å².